The smallest absolute Gasteiger partial charge is 0.289 e. The number of hydrogen-bond donors (Lipinski definition) is 1. The Morgan fingerprint density at radius 2 is 1.94 bits per heavy atom. The summed E-state index contributed by atoms with van der Waals surface area (Å²) in [4.78, 5) is 28.7. The molecule has 170 valence electrons. The van der Waals surface area contributed by atoms with Crippen molar-refractivity contribution >= 4 is 28.4 Å². The summed E-state index contributed by atoms with van der Waals surface area (Å²) in [5.41, 5.74) is 3.96. The minimum atomic E-state index is -0.431. The second-order valence-electron chi connectivity index (χ2n) is 8.83. The van der Waals surface area contributed by atoms with Gasteiger partial charge in [-0.2, -0.15) is 0 Å². The maximum Gasteiger partial charge on any atom is 0.289 e. The molecular weight excluding hydrogens is 421 g/mol. The van der Waals surface area contributed by atoms with Crippen molar-refractivity contribution in [3.63, 3.8) is 0 Å². The molecular formula is C26H26FN3O3. The Balaban J connectivity index is 1.36. The largest absolute Gasteiger partial charge is 0.451 e. The average molecular weight is 448 g/mol. The van der Waals surface area contributed by atoms with Crippen molar-refractivity contribution in [3.05, 3.63) is 76.8 Å². The number of carbonyl (C=O) groups excluding carboxylic acids is 2. The molecule has 1 unspecified atom stereocenters. The van der Waals surface area contributed by atoms with Crippen LogP contribution >= 0.6 is 0 Å². The van der Waals surface area contributed by atoms with Crippen molar-refractivity contribution in [2.45, 2.75) is 25.4 Å². The van der Waals surface area contributed by atoms with Gasteiger partial charge in [0.15, 0.2) is 5.76 Å². The molecule has 0 saturated heterocycles. The molecule has 1 aromatic heterocycles. The average Bonchev–Trinajstić information content (AvgIpc) is 3.28. The Morgan fingerprint density at radius 3 is 2.73 bits per heavy atom. The summed E-state index contributed by atoms with van der Waals surface area (Å²) in [6.45, 7) is 1.63. The Kier molecular flexibility index (Phi) is 5.50. The number of carbonyl (C=O) groups is 2. The van der Waals surface area contributed by atoms with Crippen LogP contribution in [0, 0.1) is 5.82 Å². The van der Waals surface area contributed by atoms with Gasteiger partial charge in [0.05, 0.1) is 11.4 Å². The van der Waals surface area contributed by atoms with Crippen molar-refractivity contribution in [1.29, 1.82) is 0 Å². The first-order chi connectivity index (χ1) is 15.9. The van der Waals surface area contributed by atoms with E-state index >= 15 is 4.39 Å². The second-order valence-corrected chi connectivity index (χ2v) is 8.83. The zero-order chi connectivity index (χ0) is 23.1. The van der Waals surface area contributed by atoms with Gasteiger partial charge in [-0.05, 0) is 41.7 Å². The van der Waals surface area contributed by atoms with Gasteiger partial charge < -0.3 is 19.5 Å². The summed E-state index contributed by atoms with van der Waals surface area (Å²) in [7, 11) is 3.24. The number of fused-ring (bicyclic) bond motifs is 2. The molecule has 0 radical (unpaired) electrons. The highest BCUT2D eigenvalue weighted by Crippen LogP contribution is 2.31. The summed E-state index contributed by atoms with van der Waals surface area (Å²) in [6.07, 6.45) is 3.31. The molecule has 3 aromatic rings. The minimum Gasteiger partial charge on any atom is -0.451 e. The van der Waals surface area contributed by atoms with E-state index in [0.717, 1.165) is 5.57 Å². The number of nitrogens with one attached hydrogen (secondary N) is 1. The van der Waals surface area contributed by atoms with Gasteiger partial charge in [-0.3, -0.25) is 9.59 Å². The molecule has 0 aliphatic carbocycles. The van der Waals surface area contributed by atoms with Crippen LogP contribution in [0.25, 0.3) is 16.5 Å². The highest BCUT2D eigenvalue weighted by Gasteiger charge is 2.30. The quantitative estimate of drug-likeness (QED) is 0.666. The van der Waals surface area contributed by atoms with Crippen LogP contribution in [0.3, 0.4) is 0 Å². The fraction of sp³-hybridized carbons (Fsp3) is 0.308. The minimum absolute atomic E-state index is 0.0405. The highest BCUT2D eigenvalue weighted by atomic mass is 19.1. The van der Waals surface area contributed by atoms with Gasteiger partial charge in [-0.15, -0.1) is 0 Å². The first-order valence-corrected chi connectivity index (χ1v) is 11.1. The molecule has 1 atom stereocenters. The van der Waals surface area contributed by atoms with Crippen LogP contribution in [-0.4, -0.2) is 54.8 Å². The summed E-state index contributed by atoms with van der Waals surface area (Å²) in [5.74, 6) is -0.607. The standard InChI is InChI=1S/C26H26FN3O3/c1-29(2)26(32)23-13-20-22(33-23)10-9-19(24(20)27)18-8-5-11-30(15-18)25(31)21-12-16-6-3-4-7-17(16)14-28-21/h3-4,6-10,13,21,28H,5,11-12,14-15H2,1-2H3. The van der Waals surface area contributed by atoms with Crippen LogP contribution < -0.4 is 5.32 Å². The predicted molar refractivity (Wildman–Crippen MR) is 124 cm³/mol. The summed E-state index contributed by atoms with van der Waals surface area (Å²) in [6, 6.07) is 12.7. The Morgan fingerprint density at radius 1 is 1.15 bits per heavy atom. The van der Waals surface area contributed by atoms with Crippen LogP contribution in [0.5, 0.6) is 0 Å². The molecule has 2 aromatic carbocycles. The van der Waals surface area contributed by atoms with E-state index in [-0.39, 0.29) is 29.0 Å². The van der Waals surface area contributed by atoms with Crippen LogP contribution in [-0.2, 0) is 17.8 Å². The van der Waals surface area contributed by atoms with Gasteiger partial charge in [0.1, 0.15) is 11.4 Å². The molecule has 2 amide bonds. The van der Waals surface area contributed by atoms with Crippen LogP contribution in [0.15, 0.2) is 53.0 Å². The van der Waals surface area contributed by atoms with E-state index in [2.05, 4.69) is 17.4 Å². The number of benzene rings is 2. The molecule has 33 heavy (non-hydrogen) atoms. The number of halogens is 1. The number of nitrogens with zero attached hydrogens (tertiary/aromatic N) is 2. The third-order valence-corrected chi connectivity index (χ3v) is 6.44. The molecule has 1 N–H and O–H groups in total. The number of hydrogen-bond acceptors (Lipinski definition) is 4. The van der Waals surface area contributed by atoms with Crippen molar-refractivity contribution in [1.82, 2.24) is 15.1 Å². The molecule has 3 heterocycles. The summed E-state index contributed by atoms with van der Waals surface area (Å²) in [5, 5.41) is 3.62. The van der Waals surface area contributed by atoms with Crippen LogP contribution in [0.2, 0.25) is 0 Å². The normalized spacial score (nSPS) is 18.1. The maximum atomic E-state index is 15.4. The lowest BCUT2D eigenvalue weighted by molar-refractivity contribution is -0.133. The highest BCUT2D eigenvalue weighted by molar-refractivity contribution is 5.97. The lowest BCUT2D eigenvalue weighted by Crippen LogP contribution is -2.50. The molecule has 0 fully saturated rings. The van der Waals surface area contributed by atoms with Gasteiger partial charge in [-0.1, -0.05) is 30.3 Å². The SMILES string of the molecule is CN(C)C(=O)c1cc2c(F)c(C3=CCCN(C(=O)C4Cc5ccccc5CN4)C3)ccc2o1. The van der Waals surface area contributed by atoms with Crippen LogP contribution in [0.4, 0.5) is 4.39 Å². The summed E-state index contributed by atoms with van der Waals surface area (Å²) >= 11 is 0. The first kappa shape index (κ1) is 21.4. The van der Waals surface area contributed by atoms with Crippen LogP contribution in [0.1, 0.15) is 33.7 Å². The van der Waals surface area contributed by atoms with E-state index in [1.54, 1.807) is 31.1 Å². The maximum absolute atomic E-state index is 15.4. The van der Waals surface area contributed by atoms with Crippen molar-refractivity contribution in [2.75, 3.05) is 27.2 Å². The van der Waals surface area contributed by atoms with Gasteiger partial charge >= 0.3 is 0 Å². The van der Waals surface area contributed by atoms with E-state index in [4.69, 9.17) is 4.42 Å². The third kappa shape index (κ3) is 3.93. The fourth-order valence-electron chi connectivity index (χ4n) is 4.63. The van der Waals surface area contributed by atoms with E-state index in [1.165, 1.54) is 22.1 Å². The number of rotatable bonds is 3. The Labute approximate surface area is 191 Å². The zero-order valence-electron chi connectivity index (χ0n) is 18.7. The molecule has 5 rings (SSSR count). The molecule has 0 saturated carbocycles. The van der Waals surface area contributed by atoms with Crippen molar-refractivity contribution in [2.24, 2.45) is 0 Å². The zero-order valence-corrected chi connectivity index (χ0v) is 18.7. The third-order valence-electron chi connectivity index (χ3n) is 6.44. The van der Waals surface area contributed by atoms with E-state index in [1.807, 2.05) is 18.2 Å². The molecule has 7 heteroatoms. The predicted octanol–water partition coefficient (Wildman–Crippen LogP) is 3.60. The van der Waals surface area contributed by atoms with Crippen molar-refractivity contribution in [3.8, 4) is 0 Å². The van der Waals surface area contributed by atoms with Crippen molar-refractivity contribution < 1.29 is 18.4 Å². The lowest BCUT2D eigenvalue weighted by Gasteiger charge is -2.33. The van der Waals surface area contributed by atoms with E-state index in [9.17, 15) is 9.59 Å². The molecule has 6 nitrogen and oxygen atoms in total. The Bertz CT molecular complexity index is 1280. The molecule has 2 aliphatic rings. The molecule has 0 spiro atoms. The lowest BCUT2D eigenvalue weighted by atomic mass is 9.94. The summed E-state index contributed by atoms with van der Waals surface area (Å²) < 4.78 is 21.0. The number of amides is 2. The van der Waals surface area contributed by atoms with Gasteiger partial charge in [0, 0.05) is 45.4 Å². The molecule has 0 bridgehead atoms. The van der Waals surface area contributed by atoms with Gasteiger partial charge in [0.2, 0.25) is 5.91 Å². The van der Waals surface area contributed by atoms with E-state index < -0.39 is 5.82 Å². The number of furan rings is 1. The fourth-order valence-corrected chi connectivity index (χ4v) is 4.63. The van der Waals surface area contributed by atoms with Gasteiger partial charge in [0.25, 0.3) is 5.91 Å². The monoisotopic (exact) mass is 447 g/mol. The first-order valence-electron chi connectivity index (χ1n) is 11.1. The van der Waals surface area contributed by atoms with Gasteiger partial charge in [-0.25, -0.2) is 4.39 Å². The van der Waals surface area contributed by atoms with E-state index in [0.29, 0.717) is 43.6 Å². The second kappa shape index (κ2) is 8.48. The topological polar surface area (TPSA) is 65.8 Å². The Hall–Kier alpha value is -3.45. The molecule has 2 aliphatic heterocycles.